The summed E-state index contributed by atoms with van der Waals surface area (Å²) in [5.41, 5.74) is 0. The largest absolute Gasteiger partial charge is 0.377 e. The van der Waals surface area contributed by atoms with Crippen LogP contribution in [0.2, 0.25) is 0 Å². The van der Waals surface area contributed by atoms with Crippen molar-refractivity contribution >= 4 is 46.4 Å². The molecule has 0 bridgehead atoms. The molecular weight excluding hydrogens is 274 g/mol. The van der Waals surface area contributed by atoms with Gasteiger partial charge in [-0.15, -0.1) is 11.6 Å². The molecule has 0 aromatic carbocycles. The quantitative estimate of drug-likeness (QED) is 0.586. The van der Waals surface area contributed by atoms with Gasteiger partial charge in [0.1, 0.15) is 6.10 Å². The van der Waals surface area contributed by atoms with Crippen LogP contribution in [-0.4, -0.2) is 41.9 Å². The predicted molar refractivity (Wildman–Crippen MR) is 56.4 cm³/mol. The smallest absolute Gasteiger partial charge is 0.240 e. The zero-order valence-corrected chi connectivity index (χ0v) is 10.2. The lowest BCUT2D eigenvalue weighted by Gasteiger charge is -2.18. The summed E-state index contributed by atoms with van der Waals surface area (Å²) >= 11 is 22.2. The van der Waals surface area contributed by atoms with E-state index < -0.39 is 10.1 Å². The maximum absolute atomic E-state index is 5.59. The molecule has 1 saturated heterocycles. The average Bonchev–Trinajstić information content (AvgIpc) is 2.52. The van der Waals surface area contributed by atoms with Gasteiger partial charge >= 0.3 is 0 Å². The van der Waals surface area contributed by atoms with Gasteiger partial charge in [-0.2, -0.15) is 0 Å². The molecule has 1 heterocycles. The number of rotatable bonds is 4. The van der Waals surface area contributed by atoms with Gasteiger partial charge in [-0.05, 0) is 0 Å². The van der Waals surface area contributed by atoms with Crippen molar-refractivity contribution in [1.82, 2.24) is 0 Å². The summed E-state index contributed by atoms with van der Waals surface area (Å²) in [5, 5.41) is 0. The molecule has 1 fully saturated rings. The molecular formula is C7H10Cl4O3. The highest BCUT2D eigenvalue weighted by molar-refractivity contribution is 6.67. The molecule has 1 aliphatic heterocycles. The Balaban J connectivity index is 2.21. The van der Waals surface area contributed by atoms with Crippen molar-refractivity contribution in [3.05, 3.63) is 0 Å². The molecule has 2 atom stereocenters. The second kappa shape index (κ2) is 5.94. The Hall–Kier alpha value is 1.04. The van der Waals surface area contributed by atoms with Crippen LogP contribution >= 0.6 is 46.4 Å². The number of ether oxygens (including phenoxy) is 3. The van der Waals surface area contributed by atoms with Crippen molar-refractivity contribution < 1.29 is 14.2 Å². The Morgan fingerprint density at radius 2 is 2.07 bits per heavy atom. The van der Waals surface area contributed by atoms with Gasteiger partial charge in [-0.3, -0.25) is 0 Å². The summed E-state index contributed by atoms with van der Waals surface area (Å²) in [7, 11) is 0. The highest BCUT2D eigenvalue weighted by atomic mass is 35.6. The Labute approximate surface area is 102 Å². The second-order valence-electron chi connectivity index (χ2n) is 2.73. The summed E-state index contributed by atoms with van der Waals surface area (Å²) in [6, 6.07) is 0. The molecule has 0 aromatic rings. The minimum absolute atomic E-state index is 0.196. The fraction of sp³-hybridized carbons (Fsp3) is 1.00. The molecule has 14 heavy (non-hydrogen) atoms. The molecule has 0 amide bonds. The maximum Gasteiger partial charge on any atom is 0.240 e. The fourth-order valence-corrected chi connectivity index (χ4v) is 1.43. The van der Waals surface area contributed by atoms with Gasteiger partial charge < -0.3 is 14.2 Å². The Morgan fingerprint density at radius 1 is 1.36 bits per heavy atom. The van der Waals surface area contributed by atoms with E-state index in [-0.39, 0.29) is 6.10 Å². The van der Waals surface area contributed by atoms with E-state index >= 15 is 0 Å². The van der Waals surface area contributed by atoms with E-state index in [1.165, 1.54) is 0 Å². The van der Waals surface area contributed by atoms with E-state index in [1.54, 1.807) is 0 Å². The van der Waals surface area contributed by atoms with Crippen LogP contribution in [0.15, 0.2) is 0 Å². The minimum Gasteiger partial charge on any atom is -0.377 e. The van der Waals surface area contributed by atoms with Crippen LogP contribution in [0.1, 0.15) is 0 Å². The van der Waals surface area contributed by atoms with E-state index in [2.05, 4.69) is 0 Å². The summed E-state index contributed by atoms with van der Waals surface area (Å²) in [5.74, 6) is 0.446. The molecule has 0 aliphatic carbocycles. The van der Waals surface area contributed by atoms with E-state index in [0.717, 1.165) is 0 Å². The van der Waals surface area contributed by atoms with Crippen molar-refractivity contribution in [2.75, 3.05) is 25.7 Å². The molecule has 0 radical (unpaired) electrons. The maximum atomic E-state index is 5.59. The lowest BCUT2D eigenvalue weighted by atomic mass is 10.4. The molecule has 84 valence electrons. The molecule has 0 saturated carbocycles. The first kappa shape index (κ1) is 13.1. The van der Waals surface area contributed by atoms with Gasteiger partial charge in [0.2, 0.25) is 10.1 Å². The zero-order chi connectivity index (χ0) is 10.6. The molecule has 0 unspecified atom stereocenters. The first-order chi connectivity index (χ1) is 6.54. The number of hydrogen-bond acceptors (Lipinski definition) is 3. The highest BCUT2D eigenvalue weighted by Gasteiger charge is 2.41. The summed E-state index contributed by atoms with van der Waals surface area (Å²) < 4.78 is 14.0. The number of halogens is 4. The Kier molecular flexibility index (Phi) is 5.57. The van der Waals surface area contributed by atoms with Gasteiger partial charge in [-0.1, -0.05) is 34.8 Å². The topological polar surface area (TPSA) is 27.7 Å². The summed E-state index contributed by atoms with van der Waals surface area (Å²) in [4.78, 5) is 0. The minimum atomic E-state index is -1.55. The fourth-order valence-electron chi connectivity index (χ4n) is 0.976. The van der Waals surface area contributed by atoms with Crippen LogP contribution in [0.5, 0.6) is 0 Å². The SMILES string of the molecule is ClCCOC[C@@H]1CO[C@H](C(Cl)(Cl)Cl)O1. The normalized spacial score (nSPS) is 28.3. The third kappa shape index (κ3) is 4.27. The van der Waals surface area contributed by atoms with Crippen LogP contribution in [0.25, 0.3) is 0 Å². The lowest BCUT2D eigenvalue weighted by molar-refractivity contribution is -0.0667. The Bertz CT molecular complexity index is 173. The molecule has 0 aromatic heterocycles. The monoisotopic (exact) mass is 282 g/mol. The van der Waals surface area contributed by atoms with Crippen molar-refractivity contribution in [2.45, 2.75) is 16.2 Å². The van der Waals surface area contributed by atoms with Crippen LogP contribution in [0, 0.1) is 0 Å². The van der Waals surface area contributed by atoms with E-state index in [9.17, 15) is 0 Å². The van der Waals surface area contributed by atoms with Gasteiger partial charge in [0.15, 0.2) is 0 Å². The van der Waals surface area contributed by atoms with Gasteiger partial charge in [0, 0.05) is 5.88 Å². The van der Waals surface area contributed by atoms with Crippen LogP contribution < -0.4 is 0 Å². The number of alkyl halides is 4. The highest BCUT2D eigenvalue weighted by Crippen LogP contribution is 2.36. The first-order valence-electron chi connectivity index (χ1n) is 4.01. The predicted octanol–water partition coefficient (Wildman–Crippen LogP) is 2.35. The van der Waals surface area contributed by atoms with E-state index in [1.807, 2.05) is 0 Å². The van der Waals surface area contributed by atoms with Crippen molar-refractivity contribution in [3.8, 4) is 0 Å². The van der Waals surface area contributed by atoms with Crippen molar-refractivity contribution in [2.24, 2.45) is 0 Å². The van der Waals surface area contributed by atoms with Crippen LogP contribution in [0.3, 0.4) is 0 Å². The number of hydrogen-bond donors (Lipinski definition) is 0. The van der Waals surface area contributed by atoms with Gasteiger partial charge in [0.25, 0.3) is 0 Å². The van der Waals surface area contributed by atoms with E-state index in [0.29, 0.717) is 25.7 Å². The average molecular weight is 284 g/mol. The lowest BCUT2D eigenvalue weighted by Crippen LogP contribution is -2.28. The molecule has 1 aliphatic rings. The third-order valence-corrected chi connectivity index (χ3v) is 2.23. The van der Waals surface area contributed by atoms with Crippen molar-refractivity contribution in [1.29, 1.82) is 0 Å². The third-order valence-electron chi connectivity index (χ3n) is 1.54. The molecule has 7 heteroatoms. The summed E-state index contributed by atoms with van der Waals surface area (Å²) in [6.45, 7) is 1.23. The second-order valence-corrected chi connectivity index (χ2v) is 5.48. The van der Waals surface area contributed by atoms with Crippen LogP contribution in [-0.2, 0) is 14.2 Å². The van der Waals surface area contributed by atoms with Crippen LogP contribution in [0.4, 0.5) is 0 Å². The van der Waals surface area contributed by atoms with Gasteiger partial charge in [0.05, 0.1) is 19.8 Å². The Morgan fingerprint density at radius 3 is 2.57 bits per heavy atom. The molecule has 0 N–H and O–H groups in total. The summed E-state index contributed by atoms with van der Waals surface area (Å²) in [6.07, 6.45) is -1.02. The molecule has 1 rings (SSSR count). The van der Waals surface area contributed by atoms with E-state index in [4.69, 9.17) is 60.6 Å². The molecule has 3 nitrogen and oxygen atoms in total. The standard InChI is InChI=1S/C7H10Cl4O3/c8-1-2-12-3-5-4-13-6(14-5)7(9,10)11/h5-6H,1-4H2/t5-,6+/m1/s1. The molecule has 0 spiro atoms. The zero-order valence-electron chi connectivity index (χ0n) is 7.22. The van der Waals surface area contributed by atoms with Gasteiger partial charge in [-0.25, -0.2) is 0 Å². The van der Waals surface area contributed by atoms with Crippen molar-refractivity contribution in [3.63, 3.8) is 0 Å². The first-order valence-corrected chi connectivity index (χ1v) is 5.68.